The summed E-state index contributed by atoms with van der Waals surface area (Å²) in [6, 6.07) is 15.6. The Morgan fingerprint density at radius 2 is 2.11 bits per heavy atom. The molecule has 0 aliphatic carbocycles. The van der Waals surface area contributed by atoms with Crippen LogP contribution in [0, 0.1) is 5.92 Å². The Hall–Kier alpha value is -2.64. The van der Waals surface area contributed by atoms with E-state index in [9.17, 15) is 5.11 Å². The summed E-state index contributed by atoms with van der Waals surface area (Å²) in [7, 11) is 0. The van der Waals surface area contributed by atoms with E-state index in [4.69, 9.17) is 10.5 Å². The fourth-order valence-corrected chi connectivity index (χ4v) is 3.97. The Bertz CT molecular complexity index is 957. The van der Waals surface area contributed by atoms with Gasteiger partial charge in [-0.15, -0.1) is 0 Å². The molecule has 1 aromatic heterocycles. The molecule has 3 N–H and O–H groups in total. The molecule has 1 aliphatic rings. The maximum atomic E-state index is 10.3. The molecule has 0 radical (unpaired) electrons. The lowest BCUT2D eigenvalue weighted by Crippen LogP contribution is -2.25. The van der Waals surface area contributed by atoms with Crippen molar-refractivity contribution in [1.29, 1.82) is 0 Å². The van der Waals surface area contributed by atoms with Gasteiger partial charge in [0.1, 0.15) is 5.75 Å². The van der Waals surface area contributed by atoms with Crippen molar-refractivity contribution in [1.82, 2.24) is 4.98 Å². The normalized spacial score (nSPS) is 17.9. The van der Waals surface area contributed by atoms with Gasteiger partial charge in [-0.1, -0.05) is 36.5 Å². The number of aromatic nitrogens is 1. The zero-order chi connectivity index (χ0) is 18.8. The van der Waals surface area contributed by atoms with E-state index in [1.165, 1.54) is 11.3 Å². The number of hydrazone groups is 1. The number of para-hydroxylation sites is 1. The molecule has 1 aliphatic heterocycles. The van der Waals surface area contributed by atoms with Gasteiger partial charge >= 0.3 is 0 Å². The molecule has 6 nitrogen and oxygen atoms in total. The molecular weight excluding hydrogens is 360 g/mol. The number of benzene rings is 2. The van der Waals surface area contributed by atoms with Crippen LogP contribution in [0.15, 0.2) is 53.6 Å². The Labute approximate surface area is 161 Å². The summed E-state index contributed by atoms with van der Waals surface area (Å²) in [4.78, 5) is 4.25. The van der Waals surface area contributed by atoms with E-state index in [2.05, 4.69) is 17.0 Å². The van der Waals surface area contributed by atoms with Gasteiger partial charge in [0.2, 0.25) is 0 Å². The van der Waals surface area contributed by atoms with Crippen LogP contribution in [-0.2, 0) is 0 Å². The lowest BCUT2D eigenvalue weighted by atomic mass is 10.0. The average molecular weight is 382 g/mol. The Morgan fingerprint density at radius 1 is 1.30 bits per heavy atom. The first-order valence-corrected chi connectivity index (χ1v) is 9.77. The van der Waals surface area contributed by atoms with Gasteiger partial charge in [-0.05, 0) is 42.7 Å². The molecule has 2 heterocycles. The first-order valence-electron chi connectivity index (χ1n) is 8.96. The Kier molecular flexibility index (Phi) is 4.96. The minimum absolute atomic E-state index is 0.286. The van der Waals surface area contributed by atoms with Crippen molar-refractivity contribution in [3.05, 3.63) is 48.5 Å². The first kappa shape index (κ1) is 17.8. The molecular formula is C20H22N4O2S. The van der Waals surface area contributed by atoms with Crippen molar-refractivity contribution in [2.45, 2.75) is 26.0 Å². The molecule has 0 spiro atoms. The number of ether oxygens (including phenoxy) is 1. The summed E-state index contributed by atoms with van der Waals surface area (Å²) >= 11 is 1.46. The highest BCUT2D eigenvalue weighted by molar-refractivity contribution is 7.22. The van der Waals surface area contributed by atoms with Gasteiger partial charge in [-0.2, -0.15) is 5.10 Å². The highest BCUT2D eigenvalue weighted by Gasteiger charge is 2.26. The molecule has 0 fully saturated rings. The standard InChI is InChI=1S/C20H22N4O2S/c1-13(12-26-16-7-8-17-18(11-16)27-20(21)22-17)9-14-10-19(25)24(23-14)15-5-3-2-4-6-15/h2-8,11,13,19,25H,9-10,12H2,1H3,(H2,21,22). The highest BCUT2D eigenvalue weighted by Crippen LogP contribution is 2.28. The average Bonchev–Trinajstić information content (AvgIpc) is 3.21. The first-order chi connectivity index (χ1) is 13.1. The van der Waals surface area contributed by atoms with E-state index in [-0.39, 0.29) is 5.92 Å². The van der Waals surface area contributed by atoms with Gasteiger partial charge < -0.3 is 15.6 Å². The van der Waals surface area contributed by atoms with Gasteiger partial charge in [0.15, 0.2) is 11.4 Å². The molecule has 0 amide bonds. The lowest BCUT2D eigenvalue weighted by molar-refractivity contribution is 0.186. The maximum absolute atomic E-state index is 10.3. The maximum Gasteiger partial charge on any atom is 0.181 e. The molecule has 7 heteroatoms. The zero-order valence-corrected chi connectivity index (χ0v) is 15.9. The number of fused-ring (bicyclic) bond motifs is 1. The third kappa shape index (κ3) is 4.04. The van der Waals surface area contributed by atoms with Crippen LogP contribution in [-0.4, -0.2) is 28.6 Å². The number of nitrogens with two attached hydrogens (primary N) is 1. The molecule has 140 valence electrons. The van der Waals surface area contributed by atoms with Crippen LogP contribution in [0.4, 0.5) is 10.8 Å². The molecule has 2 unspecified atom stereocenters. The van der Waals surface area contributed by atoms with Gasteiger partial charge in [0.05, 0.1) is 22.5 Å². The second-order valence-corrected chi connectivity index (χ2v) is 7.90. The summed E-state index contributed by atoms with van der Waals surface area (Å²) in [5.74, 6) is 1.10. The molecule has 4 rings (SSSR count). The second-order valence-electron chi connectivity index (χ2n) is 6.83. The molecule has 0 bridgehead atoms. The van der Waals surface area contributed by atoms with E-state index < -0.39 is 6.23 Å². The van der Waals surface area contributed by atoms with Gasteiger partial charge in [0, 0.05) is 12.1 Å². The summed E-state index contributed by atoms with van der Waals surface area (Å²) < 4.78 is 6.97. The number of rotatable bonds is 6. The van der Waals surface area contributed by atoms with Crippen LogP contribution in [0.3, 0.4) is 0 Å². The highest BCUT2D eigenvalue weighted by atomic mass is 32.1. The van der Waals surface area contributed by atoms with Crippen LogP contribution in [0.5, 0.6) is 5.75 Å². The number of hydrogen-bond donors (Lipinski definition) is 2. The summed E-state index contributed by atoms with van der Waals surface area (Å²) in [6.45, 7) is 2.71. The molecule has 0 saturated carbocycles. The minimum Gasteiger partial charge on any atom is -0.493 e. The molecule has 2 aromatic carbocycles. The van der Waals surface area contributed by atoms with E-state index >= 15 is 0 Å². The SMILES string of the molecule is CC(COc1ccc2nc(N)sc2c1)CC1=NN(c2ccccc2)C(O)C1. The van der Waals surface area contributed by atoms with Crippen molar-refractivity contribution in [2.75, 3.05) is 17.3 Å². The summed E-state index contributed by atoms with van der Waals surface area (Å²) in [5, 5.41) is 17.2. The van der Waals surface area contributed by atoms with Crippen molar-refractivity contribution in [3.63, 3.8) is 0 Å². The van der Waals surface area contributed by atoms with E-state index in [1.807, 2.05) is 48.5 Å². The number of nitrogen functional groups attached to an aromatic ring is 1. The fraction of sp³-hybridized carbons (Fsp3) is 0.300. The quantitative estimate of drug-likeness (QED) is 0.676. The van der Waals surface area contributed by atoms with E-state index in [0.29, 0.717) is 18.2 Å². The van der Waals surface area contributed by atoms with Crippen LogP contribution < -0.4 is 15.5 Å². The Balaban J connectivity index is 1.35. The molecule has 2 atom stereocenters. The monoisotopic (exact) mass is 382 g/mol. The number of hydrogen-bond acceptors (Lipinski definition) is 7. The van der Waals surface area contributed by atoms with Crippen LogP contribution >= 0.6 is 11.3 Å². The van der Waals surface area contributed by atoms with E-state index in [1.54, 1.807) is 5.01 Å². The molecule has 3 aromatic rings. The number of aliphatic hydroxyl groups excluding tert-OH is 1. The second kappa shape index (κ2) is 7.54. The van der Waals surface area contributed by atoms with Gasteiger partial charge in [-0.3, -0.25) is 0 Å². The van der Waals surface area contributed by atoms with Gasteiger partial charge in [-0.25, -0.2) is 9.99 Å². The number of aliphatic hydroxyl groups is 1. The van der Waals surface area contributed by atoms with Gasteiger partial charge in [0.25, 0.3) is 0 Å². The van der Waals surface area contributed by atoms with Crippen LogP contribution in [0.2, 0.25) is 0 Å². The Morgan fingerprint density at radius 3 is 2.93 bits per heavy atom. The number of thiazole rings is 1. The zero-order valence-electron chi connectivity index (χ0n) is 15.1. The summed E-state index contributed by atoms with van der Waals surface area (Å²) in [5.41, 5.74) is 8.54. The third-order valence-corrected chi connectivity index (χ3v) is 5.31. The van der Waals surface area contributed by atoms with Crippen LogP contribution in [0.1, 0.15) is 19.8 Å². The minimum atomic E-state index is -0.602. The number of anilines is 2. The largest absolute Gasteiger partial charge is 0.493 e. The van der Waals surface area contributed by atoms with E-state index in [0.717, 1.165) is 33.8 Å². The van der Waals surface area contributed by atoms with Crippen LogP contribution in [0.25, 0.3) is 10.2 Å². The number of nitrogens with zero attached hydrogens (tertiary/aromatic N) is 3. The van der Waals surface area contributed by atoms with Crippen molar-refractivity contribution >= 4 is 38.1 Å². The third-order valence-electron chi connectivity index (χ3n) is 4.47. The predicted octanol–water partition coefficient (Wildman–Crippen LogP) is 3.87. The lowest BCUT2D eigenvalue weighted by Gasteiger charge is -2.18. The molecule has 0 saturated heterocycles. The summed E-state index contributed by atoms with van der Waals surface area (Å²) in [6.07, 6.45) is 0.747. The van der Waals surface area contributed by atoms with Crippen molar-refractivity contribution < 1.29 is 9.84 Å². The van der Waals surface area contributed by atoms with Crippen molar-refractivity contribution in [3.8, 4) is 5.75 Å². The van der Waals surface area contributed by atoms with Crippen molar-refractivity contribution in [2.24, 2.45) is 11.0 Å². The molecule has 27 heavy (non-hydrogen) atoms. The topological polar surface area (TPSA) is 84.0 Å². The smallest absolute Gasteiger partial charge is 0.181 e. The fourth-order valence-electron chi connectivity index (χ4n) is 3.20. The predicted molar refractivity (Wildman–Crippen MR) is 110 cm³/mol.